The molecule has 18 heavy (non-hydrogen) atoms. The van der Waals surface area contributed by atoms with Gasteiger partial charge in [0, 0.05) is 13.0 Å². The van der Waals surface area contributed by atoms with Crippen LogP contribution in [-0.4, -0.2) is 30.3 Å². The van der Waals surface area contributed by atoms with E-state index in [2.05, 4.69) is 11.8 Å². The highest BCUT2D eigenvalue weighted by molar-refractivity contribution is 5.82. The number of carbonyl (C=O) groups is 1. The predicted molar refractivity (Wildman–Crippen MR) is 74.6 cm³/mol. The lowest BCUT2D eigenvalue weighted by atomic mass is 9.85. The average Bonchev–Trinajstić information content (AvgIpc) is 2.33. The summed E-state index contributed by atoms with van der Waals surface area (Å²) in [7, 11) is 0. The van der Waals surface area contributed by atoms with E-state index < -0.39 is 0 Å². The van der Waals surface area contributed by atoms with E-state index in [1.165, 1.54) is 19.3 Å². The van der Waals surface area contributed by atoms with Gasteiger partial charge in [-0.15, -0.1) is 0 Å². The Hall–Kier alpha value is -1.15. The van der Waals surface area contributed by atoms with Crippen molar-refractivity contribution in [2.45, 2.75) is 32.6 Å². The van der Waals surface area contributed by atoms with Crippen LogP contribution in [0.3, 0.4) is 0 Å². The zero-order valence-corrected chi connectivity index (χ0v) is 11.3. The molecule has 0 radical (unpaired) electrons. The molecular weight excluding hydrogens is 222 g/mol. The van der Waals surface area contributed by atoms with Crippen molar-refractivity contribution in [3.8, 4) is 0 Å². The van der Waals surface area contributed by atoms with Crippen LogP contribution in [0.2, 0.25) is 0 Å². The van der Waals surface area contributed by atoms with Crippen LogP contribution < -0.4 is 0 Å². The van der Waals surface area contributed by atoms with Gasteiger partial charge in [0.25, 0.3) is 0 Å². The number of carbonyl (C=O) groups excluding carboxylic acids is 1. The third kappa shape index (κ3) is 3.95. The summed E-state index contributed by atoms with van der Waals surface area (Å²) in [5.74, 6) is 1.18. The first-order chi connectivity index (χ1) is 8.78. The molecule has 1 aromatic rings. The fourth-order valence-electron chi connectivity index (χ4n) is 2.47. The molecule has 0 bridgehead atoms. The Morgan fingerprint density at radius 2 is 2.00 bits per heavy atom. The number of rotatable bonds is 7. The van der Waals surface area contributed by atoms with Gasteiger partial charge in [-0.3, -0.25) is 9.69 Å². The number of hydrogen-bond donors (Lipinski definition) is 0. The third-order valence-corrected chi connectivity index (χ3v) is 3.83. The number of benzene rings is 1. The van der Waals surface area contributed by atoms with Gasteiger partial charge in [-0.05, 0) is 30.9 Å². The fourth-order valence-corrected chi connectivity index (χ4v) is 2.47. The summed E-state index contributed by atoms with van der Waals surface area (Å²) in [6, 6.07) is 10.0. The van der Waals surface area contributed by atoms with Gasteiger partial charge in [-0.25, -0.2) is 0 Å². The maximum atomic E-state index is 12.0. The second-order valence-electron chi connectivity index (χ2n) is 5.33. The molecule has 0 N–H and O–H groups in total. The highest BCUT2D eigenvalue weighted by Gasteiger charge is 2.21. The second-order valence-corrected chi connectivity index (χ2v) is 5.33. The van der Waals surface area contributed by atoms with Gasteiger partial charge in [0.2, 0.25) is 0 Å². The van der Waals surface area contributed by atoms with E-state index in [1.54, 1.807) is 0 Å². The smallest absolute Gasteiger partial charge is 0.151 e. The molecular formula is C16H23NO. The van der Waals surface area contributed by atoms with E-state index in [-0.39, 0.29) is 0 Å². The Morgan fingerprint density at radius 1 is 1.28 bits per heavy atom. The van der Waals surface area contributed by atoms with Gasteiger partial charge in [-0.2, -0.15) is 0 Å². The van der Waals surface area contributed by atoms with E-state index in [4.69, 9.17) is 0 Å². The van der Waals surface area contributed by atoms with Crippen molar-refractivity contribution in [3.63, 3.8) is 0 Å². The van der Waals surface area contributed by atoms with Crippen molar-refractivity contribution in [1.29, 1.82) is 0 Å². The summed E-state index contributed by atoms with van der Waals surface area (Å²) in [6.45, 7) is 4.85. The first-order valence-electron chi connectivity index (χ1n) is 7.06. The van der Waals surface area contributed by atoms with Crippen molar-refractivity contribution in [2.24, 2.45) is 5.92 Å². The molecule has 1 aliphatic carbocycles. The first kappa shape index (κ1) is 13.3. The quantitative estimate of drug-likeness (QED) is 0.736. The van der Waals surface area contributed by atoms with Crippen LogP contribution >= 0.6 is 0 Å². The summed E-state index contributed by atoms with van der Waals surface area (Å²) >= 11 is 0. The number of Topliss-reactive ketones (excluding diaryl/α,β-unsaturated/α-hetero) is 1. The molecule has 1 saturated carbocycles. The largest absolute Gasteiger partial charge is 0.298 e. The summed E-state index contributed by atoms with van der Waals surface area (Å²) in [6.07, 6.45) is 4.65. The Morgan fingerprint density at radius 3 is 2.56 bits per heavy atom. The molecule has 2 nitrogen and oxygen atoms in total. The Labute approximate surface area is 110 Å². The molecule has 0 amide bonds. The summed E-state index contributed by atoms with van der Waals surface area (Å²) in [5, 5.41) is 0. The van der Waals surface area contributed by atoms with Gasteiger partial charge < -0.3 is 0 Å². The van der Waals surface area contributed by atoms with E-state index in [0.717, 1.165) is 24.6 Å². The van der Waals surface area contributed by atoms with Crippen molar-refractivity contribution >= 4 is 5.78 Å². The molecule has 0 heterocycles. The zero-order chi connectivity index (χ0) is 12.8. The van der Waals surface area contributed by atoms with Crippen molar-refractivity contribution in [3.05, 3.63) is 35.9 Å². The number of likely N-dealkylation sites (N-methyl/N-ethyl adjacent to an activating group) is 1. The van der Waals surface area contributed by atoms with Crippen molar-refractivity contribution in [2.75, 3.05) is 19.6 Å². The average molecular weight is 245 g/mol. The standard InChI is InChI=1S/C16H23NO/c1-2-17(12-15-9-6-10-15)13-16(18)11-14-7-4-3-5-8-14/h3-5,7-8,15H,2,6,9-13H2,1H3. The summed E-state index contributed by atoms with van der Waals surface area (Å²) in [4.78, 5) is 14.3. The SMILES string of the molecule is CCN(CC(=O)Cc1ccccc1)CC1CCC1. The fraction of sp³-hybridized carbons (Fsp3) is 0.562. The van der Waals surface area contributed by atoms with Crippen LogP contribution in [0.4, 0.5) is 0 Å². The van der Waals surface area contributed by atoms with Gasteiger partial charge in [0.1, 0.15) is 0 Å². The van der Waals surface area contributed by atoms with E-state index in [9.17, 15) is 4.79 Å². The maximum Gasteiger partial charge on any atom is 0.151 e. The Balaban J connectivity index is 1.77. The van der Waals surface area contributed by atoms with Crippen LogP contribution in [0, 0.1) is 5.92 Å². The number of ketones is 1. The minimum atomic E-state index is 0.336. The Kier molecular flexibility index (Phi) is 4.94. The third-order valence-electron chi connectivity index (χ3n) is 3.83. The van der Waals surface area contributed by atoms with Crippen molar-refractivity contribution < 1.29 is 4.79 Å². The summed E-state index contributed by atoms with van der Waals surface area (Å²) in [5.41, 5.74) is 1.13. The molecule has 0 aromatic heterocycles. The molecule has 1 aliphatic rings. The lowest BCUT2D eigenvalue weighted by Gasteiger charge is -2.31. The predicted octanol–water partition coefficient (Wildman–Crippen LogP) is 2.92. The van der Waals surface area contributed by atoms with Gasteiger partial charge >= 0.3 is 0 Å². The second kappa shape index (κ2) is 6.69. The zero-order valence-electron chi connectivity index (χ0n) is 11.3. The molecule has 98 valence electrons. The van der Waals surface area contributed by atoms with Gasteiger partial charge in [0.15, 0.2) is 5.78 Å². The lowest BCUT2D eigenvalue weighted by Crippen LogP contribution is -2.36. The van der Waals surface area contributed by atoms with E-state index in [1.807, 2.05) is 30.3 Å². The molecule has 1 aromatic carbocycles. The molecule has 2 rings (SSSR count). The molecule has 0 spiro atoms. The van der Waals surface area contributed by atoms with Crippen molar-refractivity contribution in [1.82, 2.24) is 4.90 Å². The topological polar surface area (TPSA) is 20.3 Å². The minimum absolute atomic E-state index is 0.336. The normalized spacial score (nSPS) is 15.7. The molecule has 0 aliphatic heterocycles. The maximum absolute atomic E-state index is 12.0. The summed E-state index contributed by atoms with van der Waals surface area (Å²) < 4.78 is 0. The van der Waals surface area contributed by atoms with Crippen LogP contribution in [0.25, 0.3) is 0 Å². The van der Waals surface area contributed by atoms with Gasteiger partial charge in [-0.1, -0.05) is 43.7 Å². The molecule has 1 fully saturated rings. The highest BCUT2D eigenvalue weighted by Crippen LogP contribution is 2.26. The van der Waals surface area contributed by atoms with Crippen LogP contribution in [0.5, 0.6) is 0 Å². The number of hydrogen-bond acceptors (Lipinski definition) is 2. The number of nitrogens with zero attached hydrogens (tertiary/aromatic N) is 1. The minimum Gasteiger partial charge on any atom is -0.298 e. The Bertz CT molecular complexity index is 370. The van der Waals surface area contributed by atoms with E-state index >= 15 is 0 Å². The monoisotopic (exact) mass is 245 g/mol. The van der Waals surface area contributed by atoms with Gasteiger partial charge in [0.05, 0.1) is 6.54 Å². The van der Waals surface area contributed by atoms with Crippen LogP contribution in [0.15, 0.2) is 30.3 Å². The van der Waals surface area contributed by atoms with Crippen LogP contribution in [-0.2, 0) is 11.2 Å². The molecule has 0 atom stereocenters. The lowest BCUT2D eigenvalue weighted by molar-refractivity contribution is -0.119. The molecule has 2 heteroatoms. The highest BCUT2D eigenvalue weighted by atomic mass is 16.1. The first-order valence-corrected chi connectivity index (χ1v) is 7.06. The molecule has 0 saturated heterocycles. The van der Waals surface area contributed by atoms with Crippen LogP contribution in [0.1, 0.15) is 31.7 Å². The molecule has 0 unspecified atom stereocenters. The van der Waals surface area contributed by atoms with E-state index in [0.29, 0.717) is 18.7 Å².